The smallest absolute Gasteiger partial charge is 0.321 e. The van der Waals surface area contributed by atoms with Crippen LogP contribution in [0.4, 0.5) is 4.39 Å². The van der Waals surface area contributed by atoms with Gasteiger partial charge in [0.2, 0.25) is 0 Å². The maximum atomic E-state index is 13.4. The number of esters is 1. The molecule has 1 heterocycles. The van der Waals surface area contributed by atoms with Crippen LogP contribution in [0.15, 0.2) is 24.3 Å². The number of rotatable bonds is 5. The second kappa shape index (κ2) is 6.47. The summed E-state index contributed by atoms with van der Waals surface area (Å²) in [6.45, 7) is 5.87. The lowest BCUT2D eigenvalue weighted by Crippen LogP contribution is -2.19. The van der Waals surface area contributed by atoms with Gasteiger partial charge in [-0.25, -0.2) is 9.37 Å². The van der Waals surface area contributed by atoms with Gasteiger partial charge in [0.05, 0.1) is 6.61 Å². The van der Waals surface area contributed by atoms with Crippen LogP contribution in [0.25, 0.3) is 0 Å². The minimum Gasteiger partial charge on any atom is -0.465 e. The molecule has 21 heavy (non-hydrogen) atoms. The van der Waals surface area contributed by atoms with Crippen LogP contribution in [-0.4, -0.2) is 27.8 Å². The number of ether oxygens (including phenoxy) is 1. The van der Waals surface area contributed by atoms with Crippen molar-refractivity contribution in [1.29, 1.82) is 0 Å². The number of aromatic amines is 1. The predicted octanol–water partition coefficient (Wildman–Crippen LogP) is 2.76. The van der Waals surface area contributed by atoms with Crippen molar-refractivity contribution < 1.29 is 13.9 Å². The minimum atomic E-state index is -0.805. The number of aromatic nitrogens is 3. The predicted molar refractivity (Wildman–Crippen MR) is 75.3 cm³/mol. The first kappa shape index (κ1) is 15.2. The van der Waals surface area contributed by atoms with Crippen LogP contribution in [0.5, 0.6) is 0 Å². The Kier molecular flexibility index (Phi) is 4.67. The van der Waals surface area contributed by atoms with Gasteiger partial charge in [-0.1, -0.05) is 26.0 Å². The van der Waals surface area contributed by atoms with Crippen LogP contribution in [-0.2, 0) is 9.53 Å². The van der Waals surface area contributed by atoms with Crippen LogP contribution in [0, 0.1) is 5.82 Å². The molecule has 0 aliphatic rings. The number of carbonyl (C=O) groups excluding carboxylic acids is 1. The number of hydrogen-bond acceptors (Lipinski definition) is 4. The summed E-state index contributed by atoms with van der Waals surface area (Å²) in [4.78, 5) is 16.5. The molecule has 1 N–H and O–H groups in total. The Balaban J connectivity index is 2.42. The monoisotopic (exact) mass is 291 g/mol. The van der Waals surface area contributed by atoms with Crippen molar-refractivity contribution in [2.24, 2.45) is 0 Å². The molecule has 0 saturated heterocycles. The molecular weight excluding hydrogens is 273 g/mol. The van der Waals surface area contributed by atoms with E-state index in [1.807, 2.05) is 13.8 Å². The van der Waals surface area contributed by atoms with Gasteiger partial charge in [-0.3, -0.25) is 9.89 Å². The average Bonchev–Trinajstić information content (AvgIpc) is 2.89. The number of carbonyl (C=O) groups is 1. The third-order valence-corrected chi connectivity index (χ3v) is 3.01. The fourth-order valence-corrected chi connectivity index (χ4v) is 1.99. The Morgan fingerprint density at radius 1 is 1.43 bits per heavy atom. The third-order valence-electron chi connectivity index (χ3n) is 3.01. The van der Waals surface area contributed by atoms with E-state index >= 15 is 0 Å². The minimum absolute atomic E-state index is 0.130. The van der Waals surface area contributed by atoms with Crippen molar-refractivity contribution in [2.45, 2.75) is 32.6 Å². The van der Waals surface area contributed by atoms with E-state index in [0.29, 0.717) is 17.2 Å². The van der Waals surface area contributed by atoms with Crippen molar-refractivity contribution in [3.05, 3.63) is 47.3 Å². The standard InChI is InChI=1S/C15H18FN3O2/c1-4-21-15(20)12(10-6-5-7-11(16)8-10)14-17-13(9(2)3)18-19-14/h5-9,12H,4H2,1-3H3,(H,17,18,19). The number of H-pyrrole nitrogens is 1. The van der Waals surface area contributed by atoms with E-state index in [1.165, 1.54) is 12.1 Å². The topological polar surface area (TPSA) is 67.9 Å². The molecule has 112 valence electrons. The lowest BCUT2D eigenvalue weighted by atomic mass is 9.98. The molecule has 2 aromatic rings. The van der Waals surface area contributed by atoms with Gasteiger partial charge < -0.3 is 4.74 Å². The molecule has 5 nitrogen and oxygen atoms in total. The first-order chi connectivity index (χ1) is 10.0. The number of nitrogens with one attached hydrogen (secondary N) is 1. The molecular formula is C15H18FN3O2. The molecule has 0 radical (unpaired) electrons. The first-order valence-electron chi connectivity index (χ1n) is 6.87. The van der Waals surface area contributed by atoms with Crippen LogP contribution in [0.3, 0.4) is 0 Å². The molecule has 0 bridgehead atoms. The maximum absolute atomic E-state index is 13.4. The van der Waals surface area contributed by atoms with Crippen molar-refractivity contribution in [2.75, 3.05) is 6.61 Å². The summed E-state index contributed by atoms with van der Waals surface area (Å²) in [6.07, 6.45) is 0. The molecule has 0 fully saturated rings. The molecule has 2 rings (SSSR count). The molecule has 1 unspecified atom stereocenters. The average molecular weight is 291 g/mol. The van der Waals surface area contributed by atoms with E-state index in [0.717, 1.165) is 0 Å². The van der Waals surface area contributed by atoms with Crippen LogP contribution < -0.4 is 0 Å². The molecule has 0 amide bonds. The molecule has 1 aromatic carbocycles. The number of halogens is 1. The Hall–Kier alpha value is -2.24. The molecule has 1 aromatic heterocycles. The summed E-state index contributed by atoms with van der Waals surface area (Å²) >= 11 is 0. The van der Waals surface area contributed by atoms with Gasteiger partial charge in [0.15, 0.2) is 5.82 Å². The Labute approximate surface area is 122 Å². The van der Waals surface area contributed by atoms with E-state index in [-0.39, 0.29) is 12.5 Å². The van der Waals surface area contributed by atoms with Crippen LogP contribution >= 0.6 is 0 Å². The fourth-order valence-electron chi connectivity index (χ4n) is 1.99. The van der Waals surface area contributed by atoms with Gasteiger partial charge in [0.1, 0.15) is 17.6 Å². The summed E-state index contributed by atoms with van der Waals surface area (Å²) < 4.78 is 18.5. The number of nitrogens with zero attached hydrogens (tertiary/aromatic N) is 2. The van der Waals surface area contributed by atoms with Gasteiger partial charge in [-0.15, -0.1) is 0 Å². The molecule has 0 aliphatic carbocycles. The van der Waals surface area contributed by atoms with Gasteiger partial charge in [0, 0.05) is 5.92 Å². The van der Waals surface area contributed by atoms with E-state index in [9.17, 15) is 9.18 Å². The van der Waals surface area contributed by atoms with E-state index in [4.69, 9.17) is 4.74 Å². The largest absolute Gasteiger partial charge is 0.465 e. The van der Waals surface area contributed by atoms with Crippen molar-refractivity contribution in [3.63, 3.8) is 0 Å². The molecule has 6 heteroatoms. The second-order valence-electron chi connectivity index (χ2n) is 4.97. The highest BCUT2D eigenvalue weighted by molar-refractivity contribution is 5.81. The summed E-state index contributed by atoms with van der Waals surface area (Å²) in [5.74, 6) is -0.593. The highest BCUT2D eigenvalue weighted by Gasteiger charge is 2.28. The Morgan fingerprint density at radius 2 is 2.19 bits per heavy atom. The zero-order valence-electron chi connectivity index (χ0n) is 12.3. The van der Waals surface area contributed by atoms with Gasteiger partial charge in [-0.2, -0.15) is 5.10 Å². The number of benzene rings is 1. The highest BCUT2D eigenvalue weighted by Crippen LogP contribution is 2.25. The molecule has 1 atom stereocenters. The Morgan fingerprint density at radius 3 is 2.76 bits per heavy atom. The normalized spacial score (nSPS) is 12.4. The molecule has 0 spiro atoms. The Bertz CT molecular complexity index is 625. The maximum Gasteiger partial charge on any atom is 0.321 e. The van der Waals surface area contributed by atoms with Crippen molar-refractivity contribution in [3.8, 4) is 0 Å². The van der Waals surface area contributed by atoms with Crippen molar-refractivity contribution in [1.82, 2.24) is 15.2 Å². The summed E-state index contributed by atoms with van der Waals surface area (Å²) in [5, 5.41) is 6.85. The van der Waals surface area contributed by atoms with Gasteiger partial charge >= 0.3 is 5.97 Å². The SMILES string of the molecule is CCOC(=O)C(c1cccc(F)c1)c1nc(C(C)C)n[nH]1. The molecule has 0 saturated carbocycles. The number of hydrogen-bond donors (Lipinski definition) is 1. The quantitative estimate of drug-likeness (QED) is 0.860. The van der Waals surface area contributed by atoms with Crippen LogP contribution in [0.1, 0.15) is 49.8 Å². The second-order valence-corrected chi connectivity index (χ2v) is 4.97. The molecule has 0 aliphatic heterocycles. The highest BCUT2D eigenvalue weighted by atomic mass is 19.1. The lowest BCUT2D eigenvalue weighted by Gasteiger charge is -2.13. The first-order valence-corrected chi connectivity index (χ1v) is 6.87. The summed E-state index contributed by atoms with van der Waals surface area (Å²) in [7, 11) is 0. The van der Waals surface area contributed by atoms with Gasteiger partial charge in [-0.05, 0) is 24.6 Å². The van der Waals surface area contributed by atoms with Crippen LogP contribution in [0.2, 0.25) is 0 Å². The zero-order valence-corrected chi connectivity index (χ0v) is 12.3. The summed E-state index contributed by atoms with van der Waals surface area (Å²) in [5.41, 5.74) is 0.486. The van der Waals surface area contributed by atoms with E-state index in [2.05, 4.69) is 15.2 Å². The fraction of sp³-hybridized carbons (Fsp3) is 0.400. The van der Waals surface area contributed by atoms with E-state index in [1.54, 1.807) is 19.1 Å². The third kappa shape index (κ3) is 3.45. The summed E-state index contributed by atoms with van der Waals surface area (Å²) in [6, 6.07) is 5.85. The zero-order chi connectivity index (χ0) is 15.4. The lowest BCUT2D eigenvalue weighted by molar-refractivity contribution is -0.144. The van der Waals surface area contributed by atoms with Crippen molar-refractivity contribution >= 4 is 5.97 Å². The van der Waals surface area contributed by atoms with E-state index < -0.39 is 17.7 Å². The van der Waals surface area contributed by atoms with Gasteiger partial charge in [0.25, 0.3) is 0 Å².